The minimum absolute atomic E-state index is 0.204. The van der Waals surface area contributed by atoms with E-state index in [-0.39, 0.29) is 5.91 Å². The van der Waals surface area contributed by atoms with E-state index in [9.17, 15) is 4.79 Å². The van der Waals surface area contributed by atoms with Crippen LogP contribution in [-0.2, 0) is 0 Å². The summed E-state index contributed by atoms with van der Waals surface area (Å²) in [6.07, 6.45) is 2.37. The number of likely N-dealkylation sites (tertiary alicyclic amines) is 1. The Bertz CT molecular complexity index is 497. The van der Waals surface area contributed by atoms with Crippen LogP contribution in [0.5, 0.6) is 0 Å². The van der Waals surface area contributed by atoms with Crippen LogP contribution in [0.25, 0.3) is 0 Å². The second kappa shape index (κ2) is 6.48. The molecule has 21 heavy (non-hydrogen) atoms. The standard InChI is InChI=1S/C17H25N3O/c1-14-5-4-10-20(13-14)17(21)15-6-2-3-7-16(15)19-11-8-18-9-12-19/h2-3,6-7,14,18H,4-5,8-13H2,1H3. The maximum absolute atomic E-state index is 12.9. The number of anilines is 1. The Kier molecular flexibility index (Phi) is 4.44. The third-order valence-corrected chi connectivity index (χ3v) is 4.54. The first-order valence-electron chi connectivity index (χ1n) is 8.09. The van der Waals surface area contributed by atoms with Crippen LogP contribution in [0.15, 0.2) is 24.3 Å². The van der Waals surface area contributed by atoms with Gasteiger partial charge >= 0.3 is 0 Å². The van der Waals surface area contributed by atoms with Gasteiger partial charge in [0.05, 0.1) is 5.56 Å². The van der Waals surface area contributed by atoms with Gasteiger partial charge in [-0.3, -0.25) is 4.79 Å². The molecule has 4 heteroatoms. The number of nitrogens with one attached hydrogen (secondary N) is 1. The fraction of sp³-hybridized carbons (Fsp3) is 0.588. The van der Waals surface area contributed by atoms with Crippen molar-refractivity contribution in [2.24, 2.45) is 5.92 Å². The normalized spacial score (nSPS) is 23.2. The van der Waals surface area contributed by atoms with E-state index in [1.807, 2.05) is 23.1 Å². The van der Waals surface area contributed by atoms with Crippen LogP contribution < -0.4 is 10.2 Å². The number of piperidine rings is 1. The second-order valence-electron chi connectivity index (χ2n) is 6.25. The topological polar surface area (TPSA) is 35.6 Å². The Morgan fingerprint density at radius 3 is 2.71 bits per heavy atom. The molecular formula is C17H25N3O. The van der Waals surface area contributed by atoms with Gasteiger partial charge in [-0.15, -0.1) is 0 Å². The molecule has 3 rings (SSSR count). The van der Waals surface area contributed by atoms with E-state index < -0.39 is 0 Å². The highest BCUT2D eigenvalue weighted by atomic mass is 16.2. The van der Waals surface area contributed by atoms with Gasteiger partial charge in [-0.05, 0) is 30.9 Å². The summed E-state index contributed by atoms with van der Waals surface area (Å²) in [6.45, 7) is 7.96. The van der Waals surface area contributed by atoms with Crippen LogP contribution in [0.1, 0.15) is 30.1 Å². The Morgan fingerprint density at radius 1 is 1.19 bits per heavy atom. The van der Waals surface area contributed by atoms with Gasteiger partial charge in [0, 0.05) is 45.0 Å². The first-order valence-corrected chi connectivity index (χ1v) is 8.09. The van der Waals surface area contributed by atoms with E-state index in [1.54, 1.807) is 0 Å². The highest BCUT2D eigenvalue weighted by Crippen LogP contribution is 2.25. The minimum atomic E-state index is 0.204. The summed E-state index contributed by atoms with van der Waals surface area (Å²) in [7, 11) is 0. The van der Waals surface area contributed by atoms with Crippen molar-refractivity contribution in [3.8, 4) is 0 Å². The Morgan fingerprint density at radius 2 is 1.95 bits per heavy atom. The molecule has 2 aliphatic rings. The van der Waals surface area contributed by atoms with Gasteiger partial charge in [-0.25, -0.2) is 0 Å². The van der Waals surface area contributed by atoms with Gasteiger partial charge < -0.3 is 15.1 Å². The molecule has 2 aliphatic heterocycles. The van der Waals surface area contributed by atoms with E-state index in [0.717, 1.165) is 56.9 Å². The lowest BCUT2D eigenvalue weighted by Crippen LogP contribution is -2.45. The quantitative estimate of drug-likeness (QED) is 0.903. The number of amides is 1. The number of piperazine rings is 1. The smallest absolute Gasteiger partial charge is 0.255 e. The molecule has 114 valence electrons. The molecular weight excluding hydrogens is 262 g/mol. The van der Waals surface area contributed by atoms with Gasteiger partial charge in [0.15, 0.2) is 0 Å². The predicted octanol–water partition coefficient (Wildman–Crippen LogP) is 1.97. The number of para-hydroxylation sites is 1. The first kappa shape index (κ1) is 14.4. The Balaban J connectivity index is 1.82. The fourth-order valence-corrected chi connectivity index (χ4v) is 3.38. The average Bonchev–Trinajstić information content (AvgIpc) is 2.55. The summed E-state index contributed by atoms with van der Waals surface area (Å²) in [5.41, 5.74) is 1.97. The molecule has 0 saturated carbocycles. The third-order valence-electron chi connectivity index (χ3n) is 4.54. The van der Waals surface area contributed by atoms with Crippen molar-refractivity contribution < 1.29 is 4.79 Å². The molecule has 1 aromatic carbocycles. The van der Waals surface area contributed by atoms with Crippen LogP contribution in [0.4, 0.5) is 5.69 Å². The number of carbonyl (C=O) groups is 1. The van der Waals surface area contributed by atoms with E-state index in [4.69, 9.17) is 0 Å². The highest BCUT2D eigenvalue weighted by molar-refractivity contribution is 5.99. The van der Waals surface area contributed by atoms with Crippen LogP contribution in [0.2, 0.25) is 0 Å². The van der Waals surface area contributed by atoms with Gasteiger partial charge in [0.25, 0.3) is 5.91 Å². The molecule has 0 bridgehead atoms. The van der Waals surface area contributed by atoms with Crippen molar-refractivity contribution in [2.45, 2.75) is 19.8 Å². The lowest BCUT2D eigenvalue weighted by molar-refractivity contribution is 0.0683. The average molecular weight is 287 g/mol. The Hall–Kier alpha value is -1.55. The largest absolute Gasteiger partial charge is 0.368 e. The molecule has 1 aromatic rings. The van der Waals surface area contributed by atoms with Gasteiger partial charge in [-0.2, -0.15) is 0 Å². The molecule has 1 N–H and O–H groups in total. The maximum Gasteiger partial charge on any atom is 0.255 e. The van der Waals surface area contributed by atoms with Crippen molar-refractivity contribution in [3.05, 3.63) is 29.8 Å². The molecule has 1 atom stereocenters. The molecule has 4 nitrogen and oxygen atoms in total. The minimum Gasteiger partial charge on any atom is -0.368 e. The lowest BCUT2D eigenvalue weighted by atomic mass is 9.99. The van der Waals surface area contributed by atoms with Crippen molar-refractivity contribution in [3.63, 3.8) is 0 Å². The van der Waals surface area contributed by atoms with Crippen molar-refractivity contribution >= 4 is 11.6 Å². The van der Waals surface area contributed by atoms with E-state index in [1.165, 1.54) is 6.42 Å². The SMILES string of the molecule is CC1CCCN(C(=O)c2ccccc2N2CCNCC2)C1. The summed E-state index contributed by atoms with van der Waals surface area (Å²) in [5, 5.41) is 3.37. The summed E-state index contributed by atoms with van der Waals surface area (Å²) in [4.78, 5) is 17.3. The van der Waals surface area contributed by atoms with Crippen molar-refractivity contribution in [2.75, 3.05) is 44.2 Å². The van der Waals surface area contributed by atoms with Crippen LogP contribution in [0, 0.1) is 5.92 Å². The summed E-state index contributed by atoms with van der Waals surface area (Å²) < 4.78 is 0. The highest BCUT2D eigenvalue weighted by Gasteiger charge is 2.25. The van der Waals surface area contributed by atoms with Gasteiger partial charge in [-0.1, -0.05) is 19.1 Å². The molecule has 0 aromatic heterocycles. The molecule has 1 amide bonds. The number of hydrogen-bond donors (Lipinski definition) is 1. The zero-order valence-electron chi connectivity index (χ0n) is 12.8. The molecule has 0 radical (unpaired) electrons. The lowest BCUT2D eigenvalue weighted by Gasteiger charge is -2.34. The number of benzene rings is 1. The van der Waals surface area contributed by atoms with Crippen LogP contribution in [0.3, 0.4) is 0 Å². The predicted molar refractivity (Wildman–Crippen MR) is 85.8 cm³/mol. The van der Waals surface area contributed by atoms with E-state index in [2.05, 4.69) is 23.2 Å². The zero-order valence-corrected chi connectivity index (χ0v) is 12.8. The fourth-order valence-electron chi connectivity index (χ4n) is 3.38. The van der Waals surface area contributed by atoms with Crippen LogP contribution >= 0.6 is 0 Å². The first-order chi connectivity index (χ1) is 10.3. The molecule has 2 heterocycles. The van der Waals surface area contributed by atoms with Crippen LogP contribution in [-0.4, -0.2) is 50.1 Å². The zero-order chi connectivity index (χ0) is 14.7. The van der Waals surface area contributed by atoms with E-state index in [0.29, 0.717) is 5.92 Å². The maximum atomic E-state index is 12.9. The summed E-state index contributed by atoms with van der Waals surface area (Å²) >= 11 is 0. The Labute approximate surface area is 127 Å². The number of nitrogens with zero attached hydrogens (tertiary/aromatic N) is 2. The van der Waals surface area contributed by atoms with Gasteiger partial charge in [0.1, 0.15) is 0 Å². The number of carbonyl (C=O) groups excluding carboxylic acids is 1. The molecule has 0 spiro atoms. The third kappa shape index (κ3) is 3.21. The van der Waals surface area contributed by atoms with Crippen molar-refractivity contribution in [1.82, 2.24) is 10.2 Å². The van der Waals surface area contributed by atoms with Gasteiger partial charge in [0.2, 0.25) is 0 Å². The summed E-state index contributed by atoms with van der Waals surface area (Å²) in [5.74, 6) is 0.824. The summed E-state index contributed by atoms with van der Waals surface area (Å²) in [6, 6.07) is 8.09. The molecule has 2 fully saturated rings. The number of hydrogen-bond acceptors (Lipinski definition) is 3. The molecule has 1 unspecified atom stereocenters. The molecule has 0 aliphatic carbocycles. The van der Waals surface area contributed by atoms with Crippen molar-refractivity contribution in [1.29, 1.82) is 0 Å². The molecule has 2 saturated heterocycles. The second-order valence-corrected chi connectivity index (χ2v) is 6.25. The van der Waals surface area contributed by atoms with E-state index >= 15 is 0 Å². The monoisotopic (exact) mass is 287 g/mol. The number of rotatable bonds is 2.